The molecule has 0 unspecified atom stereocenters. The van der Waals surface area contributed by atoms with Crippen molar-refractivity contribution in [1.29, 1.82) is 0 Å². The topological polar surface area (TPSA) is 122 Å². The quantitative estimate of drug-likeness (QED) is 0.0980. The Morgan fingerprint density at radius 3 is 1.73 bits per heavy atom. The zero-order chi connectivity index (χ0) is 47.4. The lowest BCUT2D eigenvalue weighted by Gasteiger charge is -2.55. The number of benzene rings is 1. The van der Waals surface area contributed by atoms with Crippen LogP contribution >= 0.6 is 0 Å². The van der Waals surface area contributed by atoms with Crippen LogP contribution in [-0.4, -0.2) is 79.1 Å². The van der Waals surface area contributed by atoms with Crippen LogP contribution in [-0.2, 0) is 40.4 Å². The third-order valence-corrected chi connectivity index (χ3v) is 34.1. The zero-order valence-electron chi connectivity index (χ0n) is 42.8. The smallest absolute Gasteiger partial charge is 0.201 e. The van der Waals surface area contributed by atoms with E-state index in [1.54, 1.807) is 7.11 Å². The SMILES string of the molecule is COCOc1cccc2c1-c1noc3c1[C@](O)(C[C@@H](C)C3)[C@]2(O)C1=C[C@@H](O[Si](C(C)C)(C(C)C)C(C)C)[C@H](O[Si](C(C)C)(C(C)C)C(C)C)[C@@H](CO[Si](C(C)C)(C(C)C)C(C)C)O1. The number of aromatic nitrogens is 1. The Balaban J connectivity index is 1.90. The molecule has 0 radical (unpaired) electrons. The number of methoxy groups -OCH3 is 1. The molecule has 3 aliphatic rings. The van der Waals surface area contributed by atoms with Crippen LogP contribution in [0.25, 0.3) is 11.3 Å². The van der Waals surface area contributed by atoms with E-state index in [4.69, 9.17) is 32.0 Å². The molecule has 358 valence electrons. The second kappa shape index (κ2) is 19.4. The molecule has 63 heavy (non-hydrogen) atoms. The lowest BCUT2D eigenvalue weighted by Crippen LogP contribution is -2.63. The molecule has 1 aliphatic heterocycles. The summed E-state index contributed by atoms with van der Waals surface area (Å²) in [6, 6.07) is 5.54. The number of ether oxygens (including phenoxy) is 3. The van der Waals surface area contributed by atoms with E-state index in [1.165, 1.54) is 0 Å². The highest BCUT2D eigenvalue weighted by Gasteiger charge is 2.66. The summed E-state index contributed by atoms with van der Waals surface area (Å²) in [7, 11) is -6.16. The Bertz CT molecular complexity index is 1820. The van der Waals surface area contributed by atoms with E-state index in [2.05, 4.69) is 137 Å². The van der Waals surface area contributed by atoms with Crippen LogP contribution in [0.4, 0.5) is 0 Å². The van der Waals surface area contributed by atoms with Crippen molar-refractivity contribution in [2.45, 2.75) is 224 Å². The molecule has 6 atom stereocenters. The molecule has 1 aromatic carbocycles. The van der Waals surface area contributed by atoms with Gasteiger partial charge in [0.1, 0.15) is 40.8 Å². The average Bonchev–Trinajstić information content (AvgIpc) is 3.60. The van der Waals surface area contributed by atoms with E-state index in [0.29, 0.717) is 56.9 Å². The Labute approximate surface area is 384 Å². The van der Waals surface area contributed by atoms with Crippen LogP contribution in [0.3, 0.4) is 0 Å². The summed E-state index contributed by atoms with van der Waals surface area (Å²) in [6.45, 7) is 43.9. The normalized spacial score (nSPS) is 25.6. The van der Waals surface area contributed by atoms with Crippen molar-refractivity contribution in [3.05, 3.63) is 46.9 Å². The number of hydrogen-bond donors (Lipinski definition) is 2. The van der Waals surface area contributed by atoms with Crippen molar-refractivity contribution in [2.75, 3.05) is 20.5 Å². The van der Waals surface area contributed by atoms with Crippen molar-refractivity contribution in [1.82, 2.24) is 5.16 Å². The molecule has 0 spiro atoms. The summed E-state index contributed by atoms with van der Waals surface area (Å²) in [5.41, 5.74) is 0.565. The highest BCUT2D eigenvalue weighted by molar-refractivity contribution is 6.78. The first-order valence-electron chi connectivity index (χ1n) is 24.3. The molecule has 0 fully saturated rings. The molecule has 10 nitrogen and oxygen atoms in total. The first-order chi connectivity index (χ1) is 29.3. The van der Waals surface area contributed by atoms with E-state index in [-0.39, 0.29) is 64.7 Å². The van der Waals surface area contributed by atoms with Crippen molar-refractivity contribution in [2.24, 2.45) is 5.92 Å². The van der Waals surface area contributed by atoms with Gasteiger partial charge in [-0.25, -0.2) is 0 Å². The van der Waals surface area contributed by atoms with Gasteiger partial charge in [0, 0.05) is 19.1 Å². The van der Waals surface area contributed by atoms with Crippen molar-refractivity contribution in [3.63, 3.8) is 0 Å². The van der Waals surface area contributed by atoms with Crippen LogP contribution in [0, 0.1) is 5.92 Å². The van der Waals surface area contributed by atoms with Crippen molar-refractivity contribution < 1.29 is 42.2 Å². The van der Waals surface area contributed by atoms with E-state index in [1.807, 2.05) is 24.3 Å². The minimum Gasteiger partial charge on any atom is -0.486 e. The molecule has 0 amide bonds. The minimum atomic E-state index is -2.66. The maximum Gasteiger partial charge on any atom is 0.201 e. The van der Waals surface area contributed by atoms with Gasteiger partial charge in [-0.2, -0.15) is 0 Å². The van der Waals surface area contributed by atoms with E-state index < -0.39 is 54.5 Å². The maximum atomic E-state index is 14.2. The molecule has 2 heterocycles. The summed E-state index contributed by atoms with van der Waals surface area (Å²) in [4.78, 5) is 0. The number of nitrogens with zero attached hydrogens (tertiary/aromatic N) is 1. The highest BCUT2D eigenvalue weighted by Crippen LogP contribution is 2.63. The molecule has 0 saturated heterocycles. The van der Waals surface area contributed by atoms with Crippen LogP contribution in [0.5, 0.6) is 5.75 Å². The lowest BCUT2D eigenvalue weighted by atomic mass is 9.59. The predicted molar refractivity (Wildman–Crippen MR) is 262 cm³/mol. The van der Waals surface area contributed by atoms with Gasteiger partial charge in [-0.1, -0.05) is 149 Å². The first kappa shape index (κ1) is 52.2. The number of rotatable bonds is 20. The van der Waals surface area contributed by atoms with Crippen LogP contribution in [0.1, 0.15) is 155 Å². The summed E-state index contributed by atoms with van der Waals surface area (Å²) in [5, 5.41) is 32.4. The van der Waals surface area contributed by atoms with Gasteiger partial charge in [0.05, 0.1) is 23.8 Å². The summed E-state index contributed by atoms with van der Waals surface area (Å²) in [6.07, 6.45) is 0.935. The molecule has 13 heteroatoms. The van der Waals surface area contributed by atoms with Gasteiger partial charge in [0.15, 0.2) is 12.4 Å². The summed E-state index contributed by atoms with van der Waals surface area (Å²) in [5.74, 6) is 1.21. The average molecular weight is 931 g/mol. The second-order valence-electron chi connectivity index (χ2n) is 22.3. The van der Waals surface area contributed by atoms with E-state index in [9.17, 15) is 10.2 Å². The number of aliphatic hydroxyl groups is 2. The number of hydrogen-bond acceptors (Lipinski definition) is 10. The van der Waals surface area contributed by atoms with Gasteiger partial charge < -0.3 is 42.2 Å². The molecule has 0 saturated carbocycles. The summed E-state index contributed by atoms with van der Waals surface area (Å²) < 4.78 is 48.7. The Hall–Kier alpha value is -1.82. The number of fused-ring (bicyclic) bond motifs is 2. The van der Waals surface area contributed by atoms with Gasteiger partial charge in [0.2, 0.25) is 25.0 Å². The van der Waals surface area contributed by atoms with Gasteiger partial charge in [-0.05, 0) is 74.4 Å². The molecule has 5 rings (SSSR count). The standard InChI is InChI=1S/C50H87NO9Si3/c1-29(2)61(30(3)4,31(5)6)56-27-43-48(60-63(35(13)14,36(15)16)37(17)18)42(59-62(32(7)8,33(9)10)34(11)12)25-44(57-43)50(53)39-22-21-23-40(55-28-54-20)45(39)47-46-41(58-51-47)24-38(19)26-49(46,50)52/h21-23,25,29-38,42-43,48,52-53H,24,26-28H2,1-20H3/t38-,42+,43+,48-,49+,50+/m0/s1. The highest BCUT2D eigenvalue weighted by atomic mass is 28.4. The molecular weight excluding hydrogens is 843 g/mol. The molecular formula is C50H87NO9Si3. The predicted octanol–water partition coefficient (Wildman–Crippen LogP) is 12.9. The fourth-order valence-electron chi connectivity index (χ4n) is 13.6. The molecule has 2 aromatic rings. The van der Waals surface area contributed by atoms with Crippen LogP contribution < -0.4 is 4.74 Å². The fourth-order valence-corrected chi connectivity index (χ4v) is 30.1. The molecule has 0 bridgehead atoms. The largest absolute Gasteiger partial charge is 0.486 e. The van der Waals surface area contributed by atoms with Gasteiger partial charge in [0.25, 0.3) is 0 Å². The third kappa shape index (κ3) is 8.46. The van der Waals surface area contributed by atoms with Crippen molar-refractivity contribution >= 4 is 25.0 Å². The van der Waals surface area contributed by atoms with Gasteiger partial charge in [-0.15, -0.1) is 0 Å². The van der Waals surface area contributed by atoms with E-state index >= 15 is 0 Å². The Kier molecular flexibility index (Phi) is 16.1. The zero-order valence-corrected chi connectivity index (χ0v) is 45.8. The first-order valence-corrected chi connectivity index (χ1v) is 30.8. The monoisotopic (exact) mass is 930 g/mol. The van der Waals surface area contributed by atoms with E-state index in [0.717, 1.165) is 0 Å². The third-order valence-electron chi connectivity index (χ3n) is 15.9. The van der Waals surface area contributed by atoms with Crippen LogP contribution in [0.2, 0.25) is 49.9 Å². The minimum absolute atomic E-state index is 0.0174. The maximum absolute atomic E-state index is 14.2. The molecule has 2 aliphatic carbocycles. The molecule has 2 N–H and O–H groups in total. The van der Waals surface area contributed by atoms with Gasteiger partial charge >= 0.3 is 0 Å². The second-order valence-corrected chi connectivity index (χ2v) is 38.5. The summed E-state index contributed by atoms with van der Waals surface area (Å²) >= 11 is 0. The Morgan fingerprint density at radius 1 is 0.730 bits per heavy atom. The Morgan fingerprint density at radius 2 is 1.24 bits per heavy atom. The van der Waals surface area contributed by atoms with Gasteiger partial charge in [-0.3, -0.25) is 0 Å². The molecule has 1 aromatic heterocycles. The lowest BCUT2D eigenvalue weighted by molar-refractivity contribution is -0.198. The van der Waals surface area contributed by atoms with Crippen LogP contribution in [0.15, 0.2) is 34.6 Å². The fraction of sp³-hybridized carbons (Fsp3) is 0.780. The van der Waals surface area contributed by atoms with Crippen molar-refractivity contribution in [3.8, 4) is 17.0 Å².